The Morgan fingerprint density at radius 1 is 1.17 bits per heavy atom. The van der Waals surface area contributed by atoms with Crippen molar-refractivity contribution in [2.75, 3.05) is 0 Å². The van der Waals surface area contributed by atoms with Crippen molar-refractivity contribution in [2.45, 2.75) is 37.8 Å². The molecular weight excluding hydrogens is 328 g/mol. The molecule has 24 heavy (non-hydrogen) atoms. The lowest BCUT2D eigenvalue weighted by atomic mass is 9.78. The molecule has 6 heteroatoms. The summed E-state index contributed by atoms with van der Waals surface area (Å²) in [6.07, 6.45) is 4.05. The largest absolute Gasteiger partial charge is 0.478 e. The normalized spacial score (nSPS) is 23.2. The predicted molar refractivity (Wildman–Crippen MR) is 96.5 cm³/mol. The summed E-state index contributed by atoms with van der Waals surface area (Å²) in [5.74, 6) is -1.53. The van der Waals surface area contributed by atoms with Crippen molar-refractivity contribution in [3.63, 3.8) is 0 Å². The lowest BCUT2D eigenvalue weighted by Crippen LogP contribution is -2.60. The molecular formula is C18H23ClN2O3. The first-order valence-corrected chi connectivity index (χ1v) is 7.40. The fraction of sp³-hybridized carbons (Fsp3) is 0.333. The van der Waals surface area contributed by atoms with Crippen molar-refractivity contribution in [1.82, 2.24) is 0 Å². The molecule has 0 heterocycles. The monoisotopic (exact) mass is 350 g/mol. The standard InChI is InChI=1S/C18H22N2O3.ClH/c1-17(2,3)13-7-4-11(5-8-13)15(21)18(20)10-12(16(22)23)6-9-14(18)19;/h4-10,14H,19-20H2,1-3H3,(H,22,23);1H. The average Bonchev–Trinajstić information content (AvgIpc) is 2.48. The second kappa shape index (κ2) is 6.89. The van der Waals surface area contributed by atoms with Crippen molar-refractivity contribution >= 4 is 24.2 Å². The maximum absolute atomic E-state index is 12.8. The molecule has 0 saturated heterocycles. The van der Waals surface area contributed by atoms with E-state index in [1.807, 2.05) is 12.1 Å². The van der Waals surface area contributed by atoms with E-state index in [0.29, 0.717) is 5.56 Å². The van der Waals surface area contributed by atoms with Crippen LogP contribution in [0.4, 0.5) is 0 Å². The molecule has 1 aromatic rings. The average molecular weight is 351 g/mol. The summed E-state index contributed by atoms with van der Waals surface area (Å²) in [5.41, 5.74) is 12.0. The Morgan fingerprint density at radius 3 is 2.17 bits per heavy atom. The van der Waals surface area contributed by atoms with Gasteiger partial charge in [0.2, 0.25) is 0 Å². The van der Waals surface area contributed by atoms with Crippen LogP contribution >= 0.6 is 12.4 Å². The Labute approximate surface area is 147 Å². The van der Waals surface area contributed by atoms with E-state index < -0.39 is 23.3 Å². The zero-order valence-electron chi connectivity index (χ0n) is 13.9. The maximum atomic E-state index is 12.8. The minimum absolute atomic E-state index is 0. The summed E-state index contributed by atoms with van der Waals surface area (Å²) in [4.78, 5) is 23.9. The molecule has 2 rings (SSSR count). The van der Waals surface area contributed by atoms with E-state index in [2.05, 4.69) is 20.8 Å². The van der Waals surface area contributed by atoms with Gasteiger partial charge in [-0.05, 0) is 17.1 Å². The third-order valence-electron chi connectivity index (χ3n) is 4.08. The smallest absolute Gasteiger partial charge is 0.335 e. The van der Waals surface area contributed by atoms with Crippen LogP contribution in [0.1, 0.15) is 36.7 Å². The predicted octanol–water partition coefficient (Wildman–Crippen LogP) is 2.19. The van der Waals surface area contributed by atoms with Gasteiger partial charge in [-0.1, -0.05) is 57.2 Å². The summed E-state index contributed by atoms with van der Waals surface area (Å²) in [6.45, 7) is 6.24. The van der Waals surface area contributed by atoms with Crippen molar-refractivity contribution in [3.05, 3.63) is 59.2 Å². The molecule has 0 fully saturated rings. The molecule has 1 aliphatic rings. The van der Waals surface area contributed by atoms with Gasteiger partial charge in [-0.25, -0.2) is 4.79 Å². The van der Waals surface area contributed by atoms with Gasteiger partial charge in [0.15, 0.2) is 5.78 Å². The number of carbonyl (C=O) groups excluding carboxylic acids is 1. The Kier molecular flexibility index (Phi) is 5.77. The number of hydrogen-bond donors (Lipinski definition) is 3. The minimum atomic E-state index is -1.56. The molecule has 2 atom stereocenters. The van der Waals surface area contributed by atoms with Gasteiger partial charge in [-0.15, -0.1) is 12.4 Å². The maximum Gasteiger partial charge on any atom is 0.335 e. The molecule has 2 unspecified atom stereocenters. The second-order valence-electron chi connectivity index (χ2n) is 6.88. The molecule has 0 aromatic heterocycles. The second-order valence-corrected chi connectivity index (χ2v) is 6.88. The van der Waals surface area contributed by atoms with E-state index in [9.17, 15) is 9.59 Å². The van der Waals surface area contributed by atoms with Crippen LogP contribution in [0, 0.1) is 0 Å². The number of aliphatic carboxylic acids is 1. The van der Waals surface area contributed by atoms with Crippen molar-refractivity contribution in [1.29, 1.82) is 0 Å². The third-order valence-corrected chi connectivity index (χ3v) is 4.08. The van der Waals surface area contributed by atoms with Crippen LogP contribution in [-0.2, 0) is 10.2 Å². The van der Waals surface area contributed by atoms with Crippen LogP contribution in [0.3, 0.4) is 0 Å². The summed E-state index contributed by atoms with van der Waals surface area (Å²) >= 11 is 0. The number of hydrogen-bond acceptors (Lipinski definition) is 4. The fourth-order valence-electron chi connectivity index (χ4n) is 2.49. The number of benzene rings is 1. The number of carboxylic acid groups (broad SMARTS) is 1. The highest BCUT2D eigenvalue weighted by molar-refractivity contribution is 6.07. The number of carbonyl (C=O) groups is 2. The molecule has 0 bridgehead atoms. The quantitative estimate of drug-likeness (QED) is 0.724. The highest BCUT2D eigenvalue weighted by Crippen LogP contribution is 2.26. The molecule has 5 nitrogen and oxygen atoms in total. The van der Waals surface area contributed by atoms with Gasteiger partial charge in [0, 0.05) is 5.56 Å². The van der Waals surface area contributed by atoms with Crippen LogP contribution in [0.5, 0.6) is 0 Å². The van der Waals surface area contributed by atoms with E-state index >= 15 is 0 Å². The highest BCUT2D eigenvalue weighted by atomic mass is 35.5. The number of halogens is 1. The summed E-state index contributed by atoms with van der Waals surface area (Å²) in [6, 6.07) is 6.39. The molecule has 0 amide bonds. The van der Waals surface area contributed by atoms with Gasteiger partial charge in [0.1, 0.15) is 5.54 Å². The first-order valence-electron chi connectivity index (χ1n) is 7.40. The van der Waals surface area contributed by atoms with Gasteiger partial charge < -0.3 is 16.6 Å². The number of Topliss-reactive ketones (excluding diaryl/α,β-unsaturated/α-hetero) is 1. The van der Waals surface area contributed by atoms with Gasteiger partial charge in [-0.2, -0.15) is 0 Å². The Morgan fingerprint density at radius 2 is 1.71 bits per heavy atom. The molecule has 0 aliphatic heterocycles. The zero-order chi connectivity index (χ0) is 17.4. The molecule has 5 N–H and O–H groups in total. The van der Waals surface area contributed by atoms with E-state index in [4.69, 9.17) is 16.6 Å². The van der Waals surface area contributed by atoms with Crippen LogP contribution < -0.4 is 11.5 Å². The third kappa shape index (κ3) is 3.75. The molecule has 1 aromatic carbocycles. The minimum Gasteiger partial charge on any atom is -0.478 e. The number of rotatable bonds is 3. The van der Waals surface area contributed by atoms with Crippen LogP contribution in [0.15, 0.2) is 48.1 Å². The first-order chi connectivity index (χ1) is 10.6. The van der Waals surface area contributed by atoms with Crippen molar-refractivity contribution in [3.8, 4) is 0 Å². The summed E-state index contributed by atoms with van der Waals surface area (Å²) < 4.78 is 0. The molecule has 130 valence electrons. The van der Waals surface area contributed by atoms with E-state index in [0.717, 1.165) is 5.56 Å². The van der Waals surface area contributed by atoms with Crippen LogP contribution in [0.25, 0.3) is 0 Å². The van der Waals surface area contributed by atoms with E-state index in [1.54, 1.807) is 12.1 Å². The lowest BCUT2D eigenvalue weighted by molar-refractivity contribution is -0.132. The molecule has 0 radical (unpaired) electrons. The fourth-order valence-corrected chi connectivity index (χ4v) is 2.49. The zero-order valence-corrected chi connectivity index (χ0v) is 14.8. The Hall–Kier alpha value is -1.95. The molecule has 1 aliphatic carbocycles. The SMILES string of the molecule is CC(C)(C)c1ccc(C(=O)C2(N)C=C(C(=O)O)C=CC2N)cc1.Cl. The van der Waals surface area contributed by atoms with Gasteiger partial charge in [0.25, 0.3) is 0 Å². The lowest BCUT2D eigenvalue weighted by Gasteiger charge is -2.32. The topological polar surface area (TPSA) is 106 Å². The van der Waals surface area contributed by atoms with Crippen LogP contribution in [0.2, 0.25) is 0 Å². The highest BCUT2D eigenvalue weighted by Gasteiger charge is 2.40. The molecule has 0 saturated carbocycles. The Bertz CT molecular complexity index is 702. The van der Waals surface area contributed by atoms with Crippen molar-refractivity contribution < 1.29 is 14.7 Å². The number of ketones is 1. The number of nitrogens with two attached hydrogens (primary N) is 2. The summed E-state index contributed by atoms with van der Waals surface area (Å²) in [7, 11) is 0. The van der Waals surface area contributed by atoms with E-state index in [1.165, 1.54) is 18.2 Å². The van der Waals surface area contributed by atoms with Crippen LogP contribution in [-0.4, -0.2) is 28.4 Å². The number of carboxylic acids is 1. The first kappa shape index (κ1) is 20.1. The van der Waals surface area contributed by atoms with E-state index in [-0.39, 0.29) is 23.4 Å². The van der Waals surface area contributed by atoms with Gasteiger partial charge in [0.05, 0.1) is 11.6 Å². The van der Waals surface area contributed by atoms with Gasteiger partial charge >= 0.3 is 5.97 Å². The van der Waals surface area contributed by atoms with Crippen molar-refractivity contribution in [2.24, 2.45) is 11.5 Å². The Balaban J connectivity index is 0.00000288. The molecule has 0 spiro atoms. The van der Waals surface area contributed by atoms with Gasteiger partial charge in [-0.3, -0.25) is 4.79 Å². The summed E-state index contributed by atoms with van der Waals surface area (Å²) in [5, 5.41) is 9.11.